The first-order valence-corrected chi connectivity index (χ1v) is 14.9. The van der Waals surface area contributed by atoms with Crippen LogP contribution in [0, 0.1) is 0 Å². The first-order chi connectivity index (χ1) is 18.0. The Labute approximate surface area is 222 Å². The van der Waals surface area contributed by atoms with Gasteiger partial charge in [-0.15, -0.1) is 0 Å². The van der Waals surface area contributed by atoms with Gasteiger partial charge in [-0.25, -0.2) is 0 Å². The number of rotatable bonds is 7. The molecule has 2 atom stereocenters. The van der Waals surface area contributed by atoms with Crippen LogP contribution >= 0.6 is 0 Å². The largest absolute Gasteiger partial charge is 0.465 e. The third kappa shape index (κ3) is 5.62. The van der Waals surface area contributed by atoms with Gasteiger partial charge in [-0.2, -0.15) is 0 Å². The van der Waals surface area contributed by atoms with Crippen LogP contribution in [-0.2, 0) is 16.1 Å². The number of amides is 2. The van der Waals surface area contributed by atoms with Gasteiger partial charge in [0.25, 0.3) is 5.91 Å². The molecule has 204 valence electrons. The molecule has 0 aromatic carbocycles. The fourth-order valence-corrected chi connectivity index (χ4v) is 7.00. The monoisotopic (exact) mass is 510 g/mol. The van der Waals surface area contributed by atoms with Gasteiger partial charge in [-0.1, -0.05) is 45.4 Å². The number of hydrogen-bond donors (Lipinski definition) is 1. The molecule has 0 bridgehead atoms. The third-order valence-electron chi connectivity index (χ3n) is 9.29. The molecule has 2 unspecified atom stereocenters. The summed E-state index contributed by atoms with van der Waals surface area (Å²) < 4.78 is 5.64. The zero-order valence-electron chi connectivity index (χ0n) is 23.0. The second kappa shape index (κ2) is 11.6. The minimum Gasteiger partial charge on any atom is -0.465 e. The Morgan fingerprint density at radius 1 is 1.08 bits per heavy atom. The predicted octanol–water partition coefficient (Wildman–Crippen LogP) is 4.92. The van der Waals surface area contributed by atoms with E-state index in [1.165, 1.54) is 57.8 Å². The number of hydrogen-bond acceptors (Lipinski definition) is 5. The van der Waals surface area contributed by atoms with Crippen molar-refractivity contribution in [1.29, 1.82) is 0 Å². The number of piperazine rings is 1. The van der Waals surface area contributed by atoms with Gasteiger partial charge in [0.1, 0.15) is 17.0 Å². The lowest BCUT2D eigenvalue weighted by Crippen LogP contribution is -2.69. The van der Waals surface area contributed by atoms with Crippen LogP contribution in [0.15, 0.2) is 22.4 Å². The maximum atomic E-state index is 14.0. The molecule has 7 nitrogen and oxygen atoms in total. The Bertz CT molecular complexity index is 979. The first-order valence-electron chi connectivity index (χ1n) is 14.9. The molecule has 4 heterocycles. The minimum absolute atomic E-state index is 0.00729. The average Bonchev–Trinajstić information content (AvgIpc) is 3.34. The maximum absolute atomic E-state index is 14.0. The molecule has 1 aliphatic carbocycles. The second-order valence-electron chi connectivity index (χ2n) is 11.9. The highest BCUT2D eigenvalue weighted by Crippen LogP contribution is 2.35. The van der Waals surface area contributed by atoms with Crippen molar-refractivity contribution in [3.8, 4) is 0 Å². The summed E-state index contributed by atoms with van der Waals surface area (Å²) in [6.07, 6.45) is 17.7. The van der Waals surface area contributed by atoms with Crippen LogP contribution in [0.5, 0.6) is 0 Å². The van der Waals surface area contributed by atoms with Crippen LogP contribution in [0.25, 0.3) is 6.08 Å². The summed E-state index contributed by atoms with van der Waals surface area (Å²) in [6, 6.07) is 2.82. The molecule has 1 aromatic rings. The van der Waals surface area contributed by atoms with Crippen molar-refractivity contribution in [2.24, 2.45) is 0 Å². The number of furan rings is 1. The van der Waals surface area contributed by atoms with Crippen molar-refractivity contribution in [3.63, 3.8) is 0 Å². The second-order valence-corrected chi connectivity index (χ2v) is 11.9. The quantitative estimate of drug-likeness (QED) is 0.564. The summed E-state index contributed by atoms with van der Waals surface area (Å²) >= 11 is 0. The van der Waals surface area contributed by atoms with E-state index >= 15 is 0 Å². The Kier molecular flexibility index (Phi) is 8.28. The van der Waals surface area contributed by atoms with Gasteiger partial charge in [-0.3, -0.25) is 9.59 Å². The topological polar surface area (TPSA) is 69.0 Å². The highest BCUT2D eigenvalue weighted by Gasteiger charge is 2.50. The van der Waals surface area contributed by atoms with Gasteiger partial charge in [0.05, 0.1) is 12.8 Å². The minimum atomic E-state index is -0.899. The molecule has 1 N–H and O–H groups in total. The van der Waals surface area contributed by atoms with Crippen molar-refractivity contribution in [2.75, 3.05) is 26.2 Å². The molecule has 0 spiro atoms. The predicted molar refractivity (Wildman–Crippen MR) is 146 cm³/mol. The molecule has 7 heteroatoms. The van der Waals surface area contributed by atoms with Crippen molar-refractivity contribution >= 4 is 17.9 Å². The van der Waals surface area contributed by atoms with Gasteiger partial charge in [0.2, 0.25) is 5.91 Å². The van der Waals surface area contributed by atoms with E-state index in [1.54, 1.807) is 6.26 Å². The molecule has 3 fully saturated rings. The SMILES string of the molecule is CCC1CCCCN1CCCN1C(=O)C2=Cc3occc3CN2CC1(C)C(=O)NC1CCCCCCC1. The van der Waals surface area contributed by atoms with E-state index in [4.69, 9.17) is 4.42 Å². The van der Waals surface area contributed by atoms with E-state index in [9.17, 15) is 9.59 Å². The summed E-state index contributed by atoms with van der Waals surface area (Å²) in [6.45, 7) is 8.10. The van der Waals surface area contributed by atoms with E-state index in [2.05, 4.69) is 22.0 Å². The lowest BCUT2D eigenvalue weighted by atomic mass is 9.89. The zero-order valence-corrected chi connectivity index (χ0v) is 23.0. The molecule has 3 aliphatic heterocycles. The fraction of sp³-hybridized carbons (Fsp3) is 0.733. The van der Waals surface area contributed by atoms with Gasteiger partial charge in [0, 0.05) is 43.4 Å². The lowest BCUT2D eigenvalue weighted by Gasteiger charge is -2.50. The molecule has 0 radical (unpaired) electrons. The molecular formula is C30H46N4O3. The number of nitrogens with zero attached hydrogens (tertiary/aromatic N) is 3. The number of piperidine rings is 1. The van der Waals surface area contributed by atoms with Crippen LogP contribution in [0.3, 0.4) is 0 Å². The van der Waals surface area contributed by atoms with Gasteiger partial charge >= 0.3 is 0 Å². The Morgan fingerprint density at radius 2 is 1.84 bits per heavy atom. The summed E-state index contributed by atoms with van der Waals surface area (Å²) in [5, 5.41) is 3.41. The van der Waals surface area contributed by atoms with Gasteiger partial charge < -0.3 is 24.4 Å². The third-order valence-corrected chi connectivity index (χ3v) is 9.29. The van der Waals surface area contributed by atoms with Crippen LogP contribution in [0.2, 0.25) is 0 Å². The van der Waals surface area contributed by atoms with Crippen molar-refractivity contribution in [3.05, 3.63) is 29.4 Å². The zero-order chi connectivity index (χ0) is 25.8. The highest BCUT2D eigenvalue weighted by atomic mass is 16.3. The summed E-state index contributed by atoms with van der Waals surface area (Å²) in [5.41, 5.74) is 0.830. The highest BCUT2D eigenvalue weighted by molar-refractivity contribution is 6.03. The molecule has 2 amide bonds. The molecule has 4 aliphatic rings. The fourth-order valence-electron chi connectivity index (χ4n) is 7.00. The van der Waals surface area contributed by atoms with Crippen LogP contribution in [0.4, 0.5) is 0 Å². The lowest BCUT2D eigenvalue weighted by molar-refractivity contribution is -0.152. The molecule has 5 rings (SSSR count). The smallest absolute Gasteiger partial charge is 0.271 e. The molecular weight excluding hydrogens is 464 g/mol. The van der Waals surface area contributed by atoms with E-state index in [1.807, 2.05) is 24.0 Å². The Balaban J connectivity index is 1.34. The summed E-state index contributed by atoms with van der Waals surface area (Å²) in [4.78, 5) is 34.6. The van der Waals surface area contributed by atoms with E-state index in [0.29, 0.717) is 31.4 Å². The Hall–Kier alpha value is -2.28. The number of nitrogens with one attached hydrogen (secondary N) is 1. The number of fused-ring (bicyclic) bond motifs is 2. The number of likely N-dealkylation sites (tertiary alicyclic amines) is 1. The van der Waals surface area contributed by atoms with Gasteiger partial charge in [0.15, 0.2) is 0 Å². The van der Waals surface area contributed by atoms with Crippen LogP contribution in [-0.4, -0.2) is 70.3 Å². The normalized spacial score (nSPS) is 27.7. The average molecular weight is 511 g/mol. The van der Waals surface area contributed by atoms with E-state index in [0.717, 1.165) is 43.7 Å². The molecule has 2 saturated heterocycles. The molecule has 1 saturated carbocycles. The number of carbonyl (C=O) groups is 2. The van der Waals surface area contributed by atoms with E-state index < -0.39 is 5.54 Å². The maximum Gasteiger partial charge on any atom is 0.271 e. The van der Waals surface area contributed by atoms with Crippen molar-refractivity contribution in [1.82, 2.24) is 20.0 Å². The standard InChI is InChI=1S/C30H46N4O3/c1-3-25-14-9-10-16-32(25)17-11-18-34-28(35)26-20-27-23(15-19-37-27)21-33(26)22-30(34,2)29(36)31-24-12-7-5-4-6-8-13-24/h15,19-20,24-25H,3-14,16-18,21-22H2,1-2H3,(H,31,36). The summed E-state index contributed by atoms with van der Waals surface area (Å²) in [5.74, 6) is 0.725. The van der Waals surface area contributed by atoms with Crippen molar-refractivity contribution in [2.45, 2.75) is 115 Å². The molecule has 37 heavy (non-hydrogen) atoms. The van der Waals surface area contributed by atoms with E-state index in [-0.39, 0.29) is 17.9 Å². The first kappa shape index (κ1) is 26.3. The molecule has 1 aromatic heterocycles. The Morgan fingerprint density at radius 3 is 2.62 bits per heavy atom. The van der Waals surface area contributed by atoms with Gasteiger partial charge in [-0.05, 0) is 58.1 Å². The van der Waals surface area contributed by atoms with Crippen LogP contribution < -0.4 is 5.32 Å². The van der Waals surface area contributed by atoms with Crippen molar-refractivity contribution < 1.29 is 14.0 Å². The van der Waals surface area contributed by atoms with Crippen LogP contribution in [0.1, 0.15) is 102 Å². The number of carbonyl (C=O) groups excluding carboxylic acids is 2. The summed E-state index contributed by atoms with van der Waals surface area (Å²) in [7, 11) is 0.